The van der Waals surface area contributed by atoms with Gasteiger partial charge in [-0.1, -0.05) is 42.5 Å². The molecule has 1 atom stereocenters. The zero-order valence-corrected chi connectivity index (χ0v) is 13.4. The predicted molar refractivity (Wildman–Crippen MR) is 88.7 cm³/mol. The van der Waals surface area contributed by atoms with E-state index in [-0.39, 0.29) is 25.7 Å². The fraction of sp³-hybridized carbons (Fsp3) is 0.333. The first-order valence-electron chi connectivity index (χ1n) is 7.37. The molecule has 0 spiro atoms. The Kier molecular flexibility index (Phi) is 8.21. The number of carbonyl (C=O) groups excluding carboxylic acids is 2. The third kappa shape index (κ3) is 6.38. The van der Waals surface area contributed by atoms with Gasteiger partial charge < -0.3 is 14.4 Å². The number of nitrogens with zero attached hydrogens (tertiary/aromatic N) is 1. The van der Waals surface area contributed by atoms with Gasteiger partial charge in [0.25, 0.3) is 0 Å². The molecule has 0 aromatic heterocycles. The van der Waals surface area contributed by atoms with Gasteiger partial charge in [-0.25, -0.2) is 4.79 Å². The Morgan fingerprint density at radius 3 is 2.48 bits per heavy atom. The van der Waals surface area contributed by atoms with Gasteiger partial charge in [0.1, 0.15) is 6.61 Å². The minimum atomic E-state index is -0.494. The highest BCUT2D eigenvalue weighted by Gasteiger charge is 2.24. The lowest BCUT2D eigenvalue weighted by molar-refractivity contribution is -0.145. The Hall–Kier alpha value is -2.56. The smallest absolute Gasteiger partial charge is 0.410 e. The molecule has 0 radical (unpaired) electrons. The lowest BCUT2D eigenvalue weighted by Gasteiger charge is -2.24. The van der Waals surface area contributed by atoms with E-state index in [0.717, 1.165) is 5.56 Å². The molecule has 1 amide bonds. The second-order valence-corrected chi connectivity index (χ2v) is 4.98. The summed E-state index contributed by atoms with van der Waals surface area (Å²) >= 11 is 0. The van der Waals surface area contributed by atoms with Crippen LogP contribution in [0.1, 0.15) is 12.0 Å². The fourth-order valence-electron chi connectivity index (χ4n) is 2.07. The molecule has 1 aromatic rings. The second-order valence-electron chi connectivity index (χ2n) is 4.98. The molecule has 0 fully saturated rings. The number of ether oxygens (including phenoxy) is 2. The van der Waals surface area contributed by atoms with Crippen LogP contribution in [-0.4, -0.2) is 37.2 Å². The van der Waals surface area contributed by atoms with Crippen molar-refractivity contribution < 1.29 is 19.1 Å². The summed E-state index contributed by atoms with van der Waals surface area (Å²) in [6, 6.07) is 9.40. The highest BCUT2D eigenvalue weighted by Crippen LogP contribution is 2.11. The molecule has 0 aliphatic carbocycles. The van der Waals surface area contributed by atoms with Crippen molar-refractivity contribution in [1.82, 2.24) is 4.90 Å². The van der Waals surface area contributed by atoms with Gasteiger partial charge in [-0.15, -0.1) is 13.2 Å². The summed E-state index contributed by atoms with van der Waals surface area (Å²) in [4.78, 5) is 25.4. The van der Waals surface area contributed by atoms with Crippen molar-refractivity contribution in [3.8, 4) is 0 Å². The number of hydrogen-bond donors (Lipinski definition) is 0. The molecule has 0 unspecified atom stereocenters. The molecule has 0 aliphatic heterocycles. The molecule has 23 heavy (non-hydrogen) atoms. The molecule has 0 aliphatic rings. The van der Waals surface area contributed by atoms with Gasteiger partial charge in [0.05, 0.1) is 13.0 Å². The van der Waals surface area contributed by atoms with E-state index in [1.807, 2.05) is 30.3 Å². The number of amides is 1. The third-order valence-corrected chi connectivity index (χ3v) is 3.24. The minimum Gasteiger partial charge on any atom is -0.469 e. The quantitative estimate of drug-likeness (QED) is 0.518. The number of benzene rings is 1. The van der Waals surface area contributed by atoms with Gasteiger partial charge in [0.15, 0.2) is 0 Å². The number of methoxy groups -OCH3 is 1. The largest absolute Gasteiger partial charge is 0.469 e. The van der Waals surface area contributed by atoms with Crippen LogP contribution in [0.25, 0.3) is 0 Å². The summed E-state index contributed by atoms with van der Waals surface area (Å²) < 4.78 is 10.1. The summed E-state index contributed by atoms with van der Waals surface area (Å²) in [6.45, 7) is 7.92. The molecule has 0 N–H and O–H groups in total. The van der Waals surface area contributed by atoms with Gasteiger partial charge >= 0.3 is 12.1 Å². The van der Waals surface area contributed by atoms with Crippen LogP contribution in [0.5, 0.6) is 0 Å². The number of esters is 1. The second kappa shape index (κ2) is 10.2. The first-order valence-corrected chi connectivity index (χ1v) is 7.37. The number of hydrogen-bond acceptors (Lipinski definition) is 4. The fourth-order valence-corrected chi connectivity index (χ4v) is 2.07. The zero-order chi connectivity index (χ0) is 17.1. The van der Waals surface area contributed by atoms with Gasteiger partial charge in [0, 0.05) is 13.1 Å². The molecule has 1 aromatic carbocycles. The van der Waals surface area contributed by atoms with E-state index in [9.17, 15) is 9.59 Å². The average molecular weight is 317 g/mol. The van der Waals surface area contributed by atoms with Crippen LogP contribution < -0.4 is 0 Å². The van der Waals surface area contributed by atoms with Gasteiger partial charge in [-0.2, -0.15) is 0 Å². The van der Waals surface area contributed by atoms with Gasteiger partial charge in [-0.05, 0) is 12.0 Å². The Morgan fingerprint density at radius 2 is 1.91 bits per heavy atom. The van der Waals surface area contributed by atoms with Crippen molar-refractivity contribution in [2.24, 2.45) is 5.92 Å². The van der Waals surface area contributed by atoms with Crippen molar-refractivity contribution in [1.29, 1.82) is 0 Å². The summed E-state index contributed by atoms with van der Waals surface area (Å²) in [5, 5.41) is 0. The standard InChI is InChI=1S/C18H23NO4/c1-4-9-16(17(20)22-3)13-19(12-5-2)18(21)23-14-15-10-7-6-8-11-15/h4-8,10-11,16H,1-2,9,12-14H2,3H3/t16-/m0/s1. The Balaban J connectivity index is 2.67. The number of rotatable bonds is 9. The summed E-state index contributed by atoms with van der Waals surface area (Å²) in [7, 11) is 1.32. The van der Waals surface area contributed by atoms with Crippen LogP contribution in [0.4, 0.5) is 4.79 Å². The number of allylic oxidation sites excluding steroid dienone is 1. The van der Waals surface area contributed by atoms with Gasteiger partial charge in [-0.3, -0.25) is 4.79 Å². The van der Waals surface area contributed by atoms with E-state index in [4.69, 9.17) is 9.47 Å². The predicted octanol–water partition coefficient (Wildman–Crippen LogP) is 3.18. The van der Waals surface area contributed by atoms with E-state index in [1.165, 1.54) is 12.0 Å². The van der Waals surface area contributed by atoms with E-state index < -0.39 is 12.0 Å². The zero-order valence-electron chi connectivity index (χ0n) is 13.4. The van der Waals surface area contributed by atoms with E-state index in [2.05, 4.69) is 13.2 Å². The van der Waals surface area contributed by atoms with E-state index >= 15 is 0 Å². The molecule has 5 nitrogen and oxygen atoms in total. The molecule has 0 bridgehead atoms. The topological polar surface area (TPSA) is 55.8 Å². The molecule has 124 valence electrons. The van der Waals surface area contributed by atoms with Crippen LogP contribution in [0.15, 0.2) is 55.6 Å². The SMILES string of the molecule is C=CC[C@@H](CN(CC=C)C(=O)OCc1ccccc1)C(=O)OC. The summed E-state index contributed by atoms with van der Waals surface area (Å²) in [6.07, 6.45) is 3.15. The molecule has 0 saturated carbocycles. The first kappa shape index (κ1) is 18.5. The van der Waals surface area contributed by atoms with E-state index in [0.29, 0.717) is 6.42 Å². The summed E-state index contributed by atoms with van der Waals surface area (Å²) in [5.41, 5.74) is 0.898. The molecular weight excluding hydrogens is 294 g/mol. The van der Waals surface area contributed by atoms with Crippen LogP contribution in [0.3, 0.4) is 0 Å². The maximum absolute atomic E-state index is 12.2. The maximum Gasteiger partial charge on any atom is 0.410 e. The molecule has 1 rings (SSSR count). The monoisotopic (exact) mass is 317 g/mol. The number of carbonyl (C=O) groups is 2. The third-order valence-electron chi connectivity index (χ3n) is 3.24. The normalized spacial score (nSPS) is 11.2. The Bertz CT molecular complexity index is 527. The summed E-state index contributed by atoms with van der Waals surface area (Å²) in [5.74, 6) is -0.850. The van der Waals surface area contributed by atoms with Crippen LogP contribution in [0, 0.1) is 5.92 Å². The lowest BCUT2D eigenvalue weighted by atomic mass is 10.1. The molecule has 0 saturated heterocycles. The molecule has 0 heterocycles. The van der Waals surface area contributed by atoms with Crippen molar-refractivity contribution in [2.45, 2.75) is 13.0 Å². The van der Waals surface area contributed by atoms with Crippen molar-refractivity contribution in [3.63, 3.8) is 0 Å². The Labute approximate surface area is 137 Å². The highest BCUT2D eigenvalue weighted by atomic mass is 16.6. The molecular formula is C18H23NO4. The molecule has 5 heteroatoms. The average Bonchev–Trinajstić information content (AvgIpc) is 2.58. The van der Waals surface area contributed by atoms with Crippen LogP contribution in [-0.2, 0) is 20.9 Å². The van der Waals surface area contributed by atoms with Gasteiger partial charge in [0.2, 0.25) is 0 Å². The van der Waals surface area contributed by atoms with Crippen molar-refractivity contribution in [2.75, 3.05) is 20.2 Å². The van der Waals surface area contributed by atoms with Crippen molar-refractivity contribution >= 4 is 12.1 Å². The van der Waals surface area contributed by atoms with Crippen molar-refractivity contribution in [3.05, 3.63) is 61.2 Å². The Morgan fingerprint density at radius 1 is 1.22 bits per heavy atom. The highest BCUT2D eigenvalue weighted by molar-refractivity contribution is 5.74. The lowest BCUT2D eigenvalue weighted by Crippen LogP contribution is -2.38. The minimum absolute atomic E-state index is 0.178. The van der Waals surface area contributed by atoms with E-state index in [1.54, 1.807) is 12.2 Å². The maximum atomic E-state index is 12.2. The van der Waals surface area contributed by atoms with Crippen LogP contribution >= 0.6 is 0 Å². The first-order chi connectivity index (χ1) is 11.1. The van der Waals surface area contributed by atoms with Crippen LogP contribution in [0.2, 0.25) is 0 Å².